The van der Waals surface area contributed by atoms with Crippen LogP contribution in [0.25, 0.3) is 0 Å². The molecule has 0 unspecified atom stereocenters. The standard InChI is InChI=1S/C21H21NO4/c1-13-11-17(7-8-18(13)21(25)26)22-20(24)10-9-19(23)16-6-5-14-3-2-4-15(14)12-16/h5-8,11-12H,2-4,9-10H2,1H3,(H,22,24)(H,25,26). The fourth-order valence-corrected chi connectivity index (χ4v) is 3.32. The molecular weight excluding hydrogens is 330 g/mol. The Morgan fingerprint density at radius 1 is 1.00 bits per heavy atom. The number of hydrogen-bond acceptors (Lipinski definition) is 3. The maximum Gasteiger partial charge on any atom is 0.335 e. The van der Waals surface area contributed by atoms with Gasteiger partial charge >= 0.3 is 5.97 Å². The number of fused-ring (bicyclic) bond motifs is 1. The second-order valence-corrected chi connectivity index (χ2v) is 6.64. The van der Waals surface area contributed by atoms with E-state index < -0.39 is 5.97 Å². The highest BCUT2D eigenvalue weighted by atomic mass is 16.4. The van der Waals surface area contributed by atoms with Gasteiger partial charge in [-0.05, 0) is 67.1 Å². The van der Waals surface area contributed by atoms with E-state index in [4.69, 9.17) is 5.11 Å². The number of ketones is 1. The lowest BCUT2D eigenvalue weighted by Crippen LogP contribution is -2.14. The van der Waals surface area contributed by atoms with Gasteiger partial charge in [0.1, 0.15) is 0 Å². The van der Waals surface area contributed by atoms with Crippen molar-refractivity contribution >= 4 is 23.3 Å². The molecule has 5 nitrogen and oxygen atoms in total. The summed E-state index contributed by atoms with van der Waals surface area (Å²) in [4.78, 5) is 35.4. The highest BCUT2D eigenvalue weighted by Gasteiger charge is 2.15. The van der Waals surface area contributed by atoms with Crippen molar-refractivity contribution in [1.82, 2.24) is 0 Å². The van der Waals surface area contributed by atoms with E-state index in [-0.39, 0.29) is 30.1 Å². The van der Waals surface area contributed by atoms with Gasteiger partial charge in [-0.15, -0.1) is 0 Å². The van der Waals surface area contributed by atoms with Crippen LogP contribution in [0.4, 0.5) is 5.69 Å². The summed E-state index contributed by atoms with van der Waals surface area (Å²) in [6.45, 7) is 1.68. The molecule has 0 spiro atoms. The molecule has 2 N–H and O–H groups in total. The molecule has 5 heteroatoms. The normalized spacial score (nSPS) is 12.5. The number of anilines is 1. The molecule has 0 aliphatic heterocycles. The molecule has 0 saturated carbocycles. The van der Waals surface area contributed by atoms with Crippen molar-refractivity contribution in [3.05, 3.63) is 64.2 Å². The minimum Gasteiger partial charge on any atom is -0.478 e. The van der Waals surface area contributed by atoms with E-state index in [1.807, 2.05) is 18.2 Å². The van der Waals surface area contributed by atoms with Crippen molar-refractivity contribution in [3.8, 4) is 0 Å². The summed E-state index contributed by atoms with van der Waals surface area (Å²) in [5.74, 6) is -1.30. The molecule has 0 bridgehead atoms. The highest BCUT2D eigenvalue weighted by molar-refractivity contribution is 6.00. The number of aryl methyl sites for hydroxylation is 3. The van der Waals surface area contributed by atoms with Gasteiger partial charge in [0.15, 0.2) is 5.78 Å². The number of carbonyl (C=O) groups excluding carboxylic acids is 2. The first-order chi connectivity index (χ1) is 12.4. The predicted molar refractivity (Wildman–Crippen MR) is 98.8 cm³/mol. The van der Waals surface area contributed by atoms with Crippen LogP contribution in [-0.4, -0.2) is 22.8 Å². The summed E-state index contributed by atoms with van der Waals surface area (Å²) in [6.07, 6.45) is 3.47. The zero-order chi connectivity index (χ0) is 18.7. The quantitative estimate of drug-likeness (QED) is 0.776. The van der Waals surface area contributed by atoms with Gasteiger partial charge in [-0.25, -0.2) is 4.79 Å². The summed E-state index contributed by atoms with van der Waals surface area (Å²) >= 11 is 0. The Morgan fingerprint density at radius 2 is 1.77 bits per heavy atom. The fourth-order valence-electron chi connectivity index (χ4n) is 3.32. The molecule has 0 radical (unpaired) electrons. The number of hydrogen-bond donors (Lipinski definition) is 2. The van der Waals surface area contributed by atoms with Crippen LogP contribution in [0.1, 0.15) is 56.7 Å². The Hall–Kier alpha value is -2.95. The van der Waals surface area contributed by atoms with Crippen LogP contribution in [0, 0.1) is 6.92 Å². The second-order valence-electron chi connectivity index (χ2n) is 6.64. The summed E-state index contributed by atoms with van der Waals surface area (Å²) in [6, 6.07) is 10.4. The van der Waals surface area contributed by atoms with Crippen molar-refractivity contribution in [2.24, 2.45) is 0 Å². The molecule has 3 rings (SSSR count). The van der Waals surface area contributed by atoms with Crippen molar-refractivity contribution in [2.75, 3.05) is 5.32 Å². The first-order valence-corrected chi connectivity index (χ1v) is 8.73. The molecule has 134 valence electrons. The lowest BCUT2D eigenvalue weighted by molar-refractivity contribution is -0.116. The van der Waals surface area contributed by atoms with Gasteiger partial charge in [-0.1, -0.05) is 12.1 Å². The minimum absolute atomic E-state index is 0.0349. The molecule has 26 heavy (non-hydrogen) atoms. The van der Waals surface area contributed by atoms with Crippen molar-refractivity contribution in [2.45, 2.75) is 39.0 Å². The van der Waals surface area contributed by atoms with Crippen LogP contribution in [0.2, 0.25) is 0 Å². The first kappa shape index (κ1) is 17.9. The average molecular weight is 351 g/mol. The number of rotatable bonds is 6. The molecule has 0 fully saturated rings. The van der Waals surface area contributed by atoms with Gasteiger partial charge in [0.25, 0.3) is 0 Å². The highest BCUT2D eigenvalue weighted by Crippen LogP contribution is 2.23. The number of amides is 1. The molecule has 0 saturated heterocycles. The molecule has 2 aromatic carbocycles. The first-order valence-electron chi connectivity index (χ1n) is 8.73. The Bertz CT molecular complexity index is 886. The fraction of sp³-hybridized carbons (Fsp3) is 0.286. The van der Waals surface area contributed by atoms with E-state index in [2.05, 4.69) is 5.32 Å². The number of carboxylic acid groups (broad SMARTS) is 1. The summed E-state index contributed by atoms with van der Waals surface area (Å²) in [7, 11) is 0. The lowest BCUT2D eigenvalue weighted by Gasteiger charge is -2.08. The van der Waals surface area contributed by atoms with Gasteiger partial charge in [0.05, 0.1) is 5.56 Å². The van der Waals surface area contributed by atoms with Crippen molar-refractivity contribution < 1.29 is 19.5 Å². The summed E-state index contributed by atoms with van der Waals surface area (Å²) in [5.41, 5.74) is 4.54. The van der Waals surface area contributed by atoms with Gasteiger partial charge in [0, 0.05) is 24.1 Å². The van der Waals surface area contributed by atoms with Gasteiger partial charge in [0.2, 0.25) is 5.91 Å². The van der Waals surface area contributed by atoms with E-state index in [9.17, 15) is 14.4 Å². The Morgan fingerprint density at radius 3 is 2.50 bits per heavy atom. The largest absolute Gasteiger partial charge is 0.478 e. The maximum atomic E-state index is 12.3. The zero-order valence-electron chi connectivity index (χ0n) is 14.7. The molecule has 2 aromatic rings. The Balaban J connectivity index is 1.56. The lowest BCUT2D eigenvalue weighted by atomic mass is 10.0. The molecule has 1 amide bonds. The van der Waals surface area contributed by atoms with Gasteiger partial charge < -0.3 is 10.4 Å². The number of nitrogens with one attached hydrogen (secondary N) is 1. The monoisotopic (exact) mass is 351 g/mol. The maximum absolute atomic E-state index is 12.3. The van der Waals surface area contributed by atoms with E-state index in [0.29, 0.717) is 16.8 Å². The van der Waals surface area contributed by atoms with Crippen LogP contribution in [0.15, 0.2) is 36.4 Å². The number of carbonyl (C=O) groups is 3. The average Bonchev–Trinajstić information content (AvgIpc) is 3.07. The topological polar surface area (TPSA) is 83.5 Å². The molecule has 0 aromatic heterocycles. The van der Waals surface area contributed by atoms with E-state index >= 15 is 0 Å². The Kier molecular flexibility index (Phi) is 5.16. The van der Waals surface area contributed by atoms with Gasteiger partial charge in [-0.2, -0.15) is 0 Å². The predicted octanol–water partition coefficient (Wildman–Crippen LogP) is 3.78. The van der Waals surface area contributed by atoms with E-state index in [1.165, 1.54) is 17.2 Å². The Labute approximate surface area is 152 Å². The third-order valence-electron chi connectivity index (χ3n) is 4.74. The summed E-state index contributed by atoms with van der Waals surface area (Å²) < 4.78 is 0. The number of Topliss-reactive ketones (excluding diaryl/α,β-unsaturated/α-hetero) is 1. The second kappa shape index (κ2) is 7.52. The SMILES string of the molecule is Cc1cc(NC(=O)CCC(=O)c2ccc3c(c2)CCC3)ccc1C(=O)O. The van der Waals surface area contributed by atoms with Gasteiger partial charge in [-0.3, -0.25) is 9.59 Å². The number of benzene rings is 2. The minimum atomic E-state index is -1.000. The molecule has 0 atom stereocenters. The smallest absolute Gasteiger partial charge is 0.335 e. The molecule has 0 heterocycles. The number of aromatic carboxylic acids is 1. The van der Waals surface area contributed by atoms with E-state index in [1.54, 1.807) is 19.1 Å². The number of carboxylic acids is 1. The third-order valence-corrected chi connectivity index (χ3v) is 4.74. The van der Waals surface area contributed by atoms with Crippen LogP contribution in [0.5, 0.6) is 0 Å². The third kappa shape index (κ3) is 3.99. The van der Waals surface area contributed by atoms with Crippen LogP contribution >= 0.6 is 0 Å². The summed E-state index contributed by atoms with van der Waals surface area (Å²) in [5, 5.41) is 11.7. The molecule has 1 aliphatic rings. The molecule has 1 aliphatic carbocycles. The van der Waals surface area contributed by atoms with Crippen molar-refractivity contribution in [1.29, 1.82) is 0 Å². The van der Waals surface area contributed by atoms with Crippen LogP contribution in [0.3, 0.4) is 0 Å². The molecular formula is C21H21NO4. The van der Waals surface area contributed by atoms with Crippen LogP contribution in [-0.2, 0) is 17.6 Å². The van der Waals surface area contributed by atoms with Crippen molar-refractivity contribution in [3.63, 3.8) is 0 Å². The van der Waals surface area contributed by atoms with Crippen LogP contribution < -0.4 is 5.32 Å². The zero-order valence-corrected chi connectivity index (χ0v) is 14.7. The van der Waals surface area contributed by atoms with E-state index in [0.717, 1.165) is 19.3 Å².